The third-order valence-electron chi connectivity index (χ3n) is 5.16. The summed E-state index contributed by atoms with van der Waals surface area (Å²) in [5.41, 5.74) is 5.52. The molecule has 124 valence electrons. The minimum Gasteiger partial charge on any atom is -0.378 e. The Kier molecular flexibility index (Phi) is 7.44. The number of ether oxygens (including phenoxy) is 1. The highest BCUT2D eigenvalue weighted by Crippen LogP contribution is 2.23. The van der Waals surface area contributed by atoms with Gasteiger partial charge in [0.2, 0.25) is 0 Å². The summed E-state index contributed by atoms with van der Waals surface area (Å²) in [6.07, 6.45) is 7.96. The van der Waals surface area contributed by atoms with Crippen molar-refractivity contribution in [2.75, 3.05) is 39.3 Å². The zero-order chi connectivity index (χ0) is 15.1. The maximum absolute atomic E-state index is 5.92. The minimum atomic E-state index is 0.478. The topological polar surface area (TPSA) is 41.7 Å². The number of nitrogens with zero attached hydrogens (tertiary/aromatic N) is 2. The van der Waals surface area contributed by atoms with Crippen molar-refractivity contribution < 1.29 is 4.74 Å². The van der Waals surface area contributed by atoms with Gasteiger partial charge in [-0.3, -0.25) is 0 Å². The second kappa shape index (κ2) is 9.09. The lowest BCUT2D eigenvalue weighted by molar-refractivity contribution is -0.00372. The second-order valence-electron chi connectivity index (χ2n) is 6.96. The van der Waals surface area contributed by atoms with Gasteiger partial charge in [0.15, 0.2) is 0 Å². The van der Waals surface area contributed by atoms with E-state index in [0.29, 0.717) is 12.1 Å². The van der Waals surface area contributed by atoms with Gasteiger partial charge in [0, 0.05) is 31.8 Å². The van der Waals surface area contributed by atoms with Crippen LogP contribution in [0.4, 0.5) is 0 Å². The predicted molar refractivity (Wildman–Crippen MR) is 88.6 cm³/mol. The molecule has 0 saturated carbocycles. The number of piperidine rings is 1. The first-order valence-electron chi connectivity index (χ1n) is 9.00. The van der Waals surface area contributed by atoms with E-state index in [0.717, 1.165) is 25.6 Å². The molecule has 2 aliphatic heterocycles. The fourth-order valence-corrected chi connectivity index (χ4v) is 3.72. The summed E-state index contributed by atoms with van der Waals surface area (Å²) in [5.74, 6) is 0. The standard InChI is InChI=1S/C17H35N3O/c1-15(2)19-10-3-5-16(6-11-19)20-12-7-17(8-13-20)21-14-4-9-18/h15-17H,3-14,18H2,1-2H3. The van der Waals surface area contributed by atoms with Gasteiger partial charge in [0.25, 0.3) is 0 Å². The molecule has 0 aliphatic carbocycles. The predicted octanol–water partition coefficient (Wildman–Crippen LogP) is 2.08. The Morgan fingerprint density at radius 1 is 1.05 bits per heavy atom. The molecule has 4 heteroatoms. The van der Waals surface area contributed by atoms with Crippen LogP contribution >= 0.6 is 0 Å². The van der Waals surface area contributed by atoms with Gasteiger partial charge in [-0.2, -0.15) is 0 Å². The van der Waals surface area contributed by atoms with Crippen LogP contribution in [0.1, 0.15) is 52.4 Å². The van der Waals surface area contributed by atoms with Gasteiger partial charge in [-0.1, -0.05) is 0 Å². The molecule has 2 heterocycles. The highest BCUT2D eigenvalue weighted by molar-refractivity contribution is 4.82. The fourth-order valence-electron chi connectivity index (χ4n) is 3.72. The normalized spacial score (nSPS) is 27.1. The molecular formula is C17H35N3O. The lowest BCUT2D eigenvalue weighted by Gasteiger charge is -2.37. The first-order chi connectivity index (χ1) is 10.2. The molecule has 2 N–H and O–H groups in total. The lowest BCUT2D eigenvalue weighted by Crippen LogP contribution is -2.44. The monoisotopic (exact) mass is 297 g/mol. The summed E-state index contributed by atoms with van der Waals surface area (Å²) >= 11 is 0. The Balaban J connectivity index is 1.69. The number of rotatable bonds is 6. The van der Waals surface area contributed by atoms with E-state index in [2.05, 4.69) is 23.6 Å². The van der Waals surface area contributed by atoms with Crippen LogP contribution in [0.15, 0.2) is 0 Å². The van der Waals surface area contributed by atoms with Gasteiger partial charge < -0.3 is 20.3 Å². The summed E-state index contributed by atoms with van der Waals surface area (Å²) in [5, 5.41) is 0. The molecule has 0 amide bonds. The van der Waals surface area contributed by atoms with E-state index >= 15 is 0 Å². The van der Waals surface area contributed by atoms with Crippen LogP contribution in [0, 0.1) is 0 Å². The van der Waals surface area contributed by atoms with Crippen LogP contribution in [0.25, 0.3) is 0 Å². The van der Waals surface area contributed by atoms with E-state index in [1.807, 2.05) is 0 Å². The number of hydrogen-bond donors (Lipinski definition) is 1. The molecule has 21 heavy (non-hydrogen) atoms. The Bertz CT molecular complexity index is 277. The first kappa shape index (κ1) is 17.2. The molecule has 2 fully saturated rings. The van der Waals surface area contributed by atoms with Crippen LogP contribution in [0.3, 0.4) is 0 Å². The van der Waals surface area contributed by atoms with Gasteiger partial charge in [-0.15, -0.1) is 0 Å². The van der Waals surface area contributed by atoms with Gasteiger partial charge in [-0.05, 0) is 72.0 Å². The summed E-state index contributed by atoms with van der Waals surface area (Å²) in [6.45, 7) is 11.2. The molecule has 0 radical (unpaired) electrons. The van der Waals surface area contributed by atoms with Crippen molar-refractivity contribution in [3.63, 3.8) is 0 Å². The zero-order valence-corrected chi connectivity index (χ0v) is 14.1. The van der Waals surface area contributed by atoms with Crippen LogP contribution in [0.2, 0.25) is 0 Å². The van der Waals surface area contributed by atoms with E-state index in [9.17, 15) is 0 Å². The molecule has 2 aliphatic rings. The van der Waals surface area contributed by atoms with E-state index in [4.69, 9.17) is 10.5 Å². The number of hydrogen-bond acceptors (Lipinski definition) is 4. The maximum atomic E-state index is 5.92. The van der Waals surface area contributed by atoms with Crippen molar-refractivity contribution in [3.8, 4) is 0 Å². The van der Waals surface area contributed by atoms with Crippen molar-refractivity contribution in [1.82, 2.24) is 9.80 Å². The van der Waals surface area contributed by atoms with E-state index in [1.165, 1.54) is 58.3 Å². The molecule has 2 rings (SSSR count). The largest absolute Gasteiger partial charge is 0.378 e. The highest BCUT2D eigenvalue weighted by atomic mass is 16.5. The van der Waals surface area contributed by atoms with Gasteiger partial charge in [0.1, 0.15) is 0 Å². The van der Waals surface area contributed by atoms with Gasteiger partial charge in [-0.25, -0.2) is 0 Å². The maximum Gasteiger partial charge on any atom is 0.0599 e. The molecule has 0 aromatic heterocycles. The van der Waals surface area contributed by atoms with Crippen molar-refractivity contribution in [2.45, 2.75) is 70.6 Å². The fraction of sp³-hybridized carbons (Fsp3) is 1.00. The van der Waals surface area contributed by atoms with Crippen LogP contribution in [0.5, 0.6) is 0 Å². The quantitative estimate of drug-likeness (QED) is 0.762. The molecule has 4 nitrogen and oxygen atoms in total. The zero-order valence-electron chi connectivity index (χ0n) is 14.1. The van der Waals surface area contributed by atoms with E-state index in [1.54, 1.807) is 0 Å². The van der Waals surface area contributed by atoms with E-state index in [-0.39, 0.29) is 0 Å². The van der Waals surface area contributed by atoms with Crippen molar-refractivity contribution in [1.29, 1.82) is 0 Å². The third-order valence-corrected chi connectivity index (χ3v) is 5.16. The van der Waals surface area contributed by atoms with Crippen molar-refractivity contribution >= 4 is 0 Å². The second-order valence-corrected chi connectivity index (χ2v) is 6.96. The highest BCUT2D eigenvalue weighted by Gasteiger charge is 2.27. The van der Waals surface area contributed by atoms with Crippen LogP contribution in [-0.2, 0) is 4.74 Å². The Labute approximate surface area is 131 Å². The summed E-state index contributed by atoms with van der Waals surface area (Å²) in [7, 11) is 0. The average molecular weight is 297 g/mol. The molecule has 0 bridgehead atoms. The van der Waals surface area contributed by atoms with Gasteiger partial charge >= 0.3 is 0 Å². The molecule has 0 aromatic carbocycles. The van der Waals surface area contributed by atoms with E-state index < -0.39 is 0 Å². The summed E-state index contributed by atoms with van der Waals surface area (Å²) < 4.78 is 5.92. The summed E-state index contributed by atoms with van der Waals surface area (Å²) in [6, 6.07) is 1.50. The Morgan fingerprint density at radius 3 is 2.48 bits per heavy atom. The first-order valence-corrected chi connectivity index (χ1v) is 9.00. The van der Waals surface area contributed by atoms with Crippen molar-refractivity contribution in [3.05, 3.63) is 0 Å². The molecule has 0 aromatic rings. The smallest absolute Gasteiger partial charge is 0.0599 e. The number of nitrogens with two attached hydrogens (primary N) is 1. The molecule has 1 unspecified atom stereocenters. The van der Waals surface area contributed by atoms with Gasteiger partial charge in [0.05, 0.1) is 6.10 Å². The number of likely N-dealkylation sites (tertiary alicyclic amines) is 2. The minimum absolute atomic E-state index is 0.478. The van der Waals surface area contributed by atoms with Crippen LogP contribution in [-0.4, -0.2) is 67.3 Å². The molecule has 2 saturated heterocycles. The molecule has 1 atom stereocenters. The lowest BCUT2D eigenvalue weighted by atomic mass is 10.0. The van der Waals surface area contributed by atoms with Crippen molar-refractivity contribution in [2.24, 2.45) is 5.73 Å². The molecular weight excluding hydrogens is 262 g/mol. The Morgan fingerprint density at radius 2 is 1.81 bits per heavy atom. The Hall–Kier alpha value is -0.160. The summed E-state index contributed by atoms with van der Waals surface area (Å²) in [4.78, 5) is 5.37. The molecule has 0 spiro atoms. The third kappa shape index (κ3) is 5.51. The SMILES string of the molecule is CC(C)N1CCCC(N2CCC(OCCCN)CC2)CC1. The average Bonchev–Trinajstić information content (AvgIpc) is 2.74. The van der Waals surface area contributed by atoms with Crippen LogP contribution < -0.4 is 5.73 Å².